The molecule has 1 aromatic heterocycles. The van der Waals surface area contributed by atoms with Gasteiger partial charge in [-0.1, -0.05) is 0 Å². The van der Waals surface area contributed by atoms with Gasteiger partial charge in [0, 0.05) is 22.6 Å². The van der Waals surface area contributed by atoms with Crippen LogP contribution in [-0.2, 0) is 17.6 Å². The van der Waals surface area contributed by atoms with Crippen molar-refractivity contribution in [3.05, 3.63) is 49.4 Å². The minimum atomic E-state index is -0.710. The highest BCUT2D eigenvalue weighted by Gasteiger charge is 2.24. The number of nitrogens with one attached hydrogen (secondary N) is 1. The average molecular weight is 438 g/mol. The van der Waals surface area contributed by atoms with Crippen molar-refractivity contribution in [2.45, 2.75) is 25.7 Å². The van der Waals surface area contributed by atoms with Gasteiger partial charge in [0.15, 0.2) is 0 Å². The lowest BCUT2D eigenvalue weighted by molar-refractivity contribution is -0.385. The summed E-state index contributed by atoms with van der Waals surface area (Å²) in [4.78, 5) is 24.5. The van der Waals surface area contributed by atoms with E-state index in [1.165, 1.54) is 43.8 Å². The van der Waals surface area contributed by atoms with Crippen molar-refractivity contribution in [1.29, 1.82) is 10.5 Å². The van der Waals surface area contributed by atoms with Crippen molar-refractivity contribution in [3.63, 3.8) is 0 Å². The molecule has 9 nitrogen and oxygen atoms in total. The number of amides is 1. The van der Waals surface area contributed by atoms with Gasteiger partial charge >= 0.3 is 5.69 Å². The van der Waals surface area contributed by atoms with Crippen LogP contribution in [0.15, 0.2) is 17.7 Å². The van der Waals surface area contributed by atoms with E-state index in [1.54, 1.807) is 0 Å². The first-order valence-corrected chi connectivity index (χ1v) is 10.1. The van der Waals surface area contributed by atoms with Gasteiger partial charge in [0.1, 0.15) is 28.5 Å². The van der Waals surface area contributed by atoms with Crippen LogP contribution in [-0.4, -0.2) is 25.1 Å². The zero-order chi connectivity index (χ0) is 22.5. The molecule has 0 atom stereocenters. The number of fused-ring (bicyclic) bond motifs is 1. The summed E-state index contributed by atoms with van der Waals surface area (Å²) in [5, 5.41) is 33.5. The molecule has 0 saturated heterocycles. The van der Waals surface area contributed by atoms with Crippen LogP contribution < -0.4 is 14.8 Å². The number of methoxy groups -OCH3 is 2. The van der Waals surface area contributed by atoms with Crippen LogP contribution in [0.1, 0.15) is 34.4 Å². The largest absolute Gasteiger partial charge is 0.496 e. The summed E-state index contributed by atoms with van der Waals surface area (Å²) in [5.74, 6) is -0.518. The fraction of sp³-hybridized carbons (Fsp3) is 0.286. The molecule has 1 N–H and O–H groups in total. The van der Waals surface area contributed by atoms with Gasteiger partial charge in [-0.2, -0.15) is 10.5 Å². The van der Waals surface area contributed by atoms with Gasteiger partial charge in [-0.3, -0.25) is 14.9 Å². The Labute approximate surface area is 182 Å². The maximum Gasteiger partial charge on any atom is 0.311 e. The molecule has 0 bridgehead atoms. The van der Waals surface area contributed by atoms with Gasteiger partial charge in [0.25, 0.3) is 5.91 Å². The SMILES string of the molecule is COc1cc(OC)c([N+](=O)[O-])cc1C=C(C#N)C(=O)Nc1sc2c(c1C#N)CCCC2. The second kappa shape index (κ2) is 9.28. The van der Waals surface area contributed by atoms with E-state index in [0.29, 0.717) is 10.6 Å². The standard InChI is InChI=1S/C21H18N4O5S/c1-29-17-9-18(30-2)16(25(27)28)8-12(17)7-13(10-22)20(26)24-21-15(11-23)14-5-3-4-6-19(14)31-21/h7-9H,3-6H2,1-2H3,(H,24,26). The van der Waals surface area contributed by atoms with Crippen LogP contribution in [0.3, 0.4) is 0 Å². The number of anilines is 1. The van der Waals surface area contributed by atoms with E-state index in [4.69, 9.17) is 9.47 Å². The smallest absolute Gasteiger partial charge is 0.311 e. The average Bonchev–Trinajstić information content (AvgIpc) is 3.13. The molecule has 1 aromatic carbocycles. The van der Waals surface area contributed by atoms with Crippen LogP contribution in [0.2, 0.25) is 0 Å². The third kappa shape index (κ3) is 4.34. The number of hydrogen-bond acceptors (Lipinski definition) is 8. The van der Waals surface area contributed by atoms with E-state index < -0.39 is 10.8 Å². The van der Waals surface area contributed by atoms with E-state index in [9.17, 15) is 25.4 Å². The molecular weight excluding hydrogens is 420 g/mol. The van der Waals surface area contributed by atoms with E-state index >= 15 is 0 Å². The molecule has 0 spiro atoms. The molecule has 31 heavy (non-hydrogen) atoms. The Hall–Kier alpha value is -3.89. The summed E-state index contributed by atoms with van der Waals surface area (Å²) in [6, 6.07) is 6.45. The van der Waals surface area contributed by atoms with Gasteiger partial charge in [0.2, 0.25) is 5.75 Å². The van der Waals surface area contributed by atoms with E-state index in [0.717, 1.165) is 36.1 Å². The normalized spacial score (nSPS) is 12.8. The van der Waals surface area contributed by atoms with Crippen molar-refractivity contribution >= 4 is 34.0 Å². The molecule has 1 aliphatic carbocycles. The number of rotatable bonds is 6. The van der Waals surface area contributed by atoms with Gasteiger partial charge in [-0.25, -0.2) is 0 Å². The monoisotopic (exact) mass is 438 g/mol. The fourth-order valence-electron chi connectivity index (χ4n) is 3.41. The molecular formula is C21H18N4O5S. The second-order valence-corrected chi connectivity index (χ2v) is 7.78. The van der Waals surface area contributed by atoms with E-state index in [-0.39, 0.29) is 28.3 Å². The zero-order valence-corrected chi connectivity index (χ0v) is 17.7. The fourth-order valence-corrected chi connectivity index (χ4v) is 4.64. The van der Waals surface area contributed by atoms with Gasteiger partial charge in [0.05, 0.1) is 24.7 Å². The van der Waals surface area contributed by atoms with Crippen molar-refractivity contribution in [1.82, 2.24) is 0 Å². The number of aryl methyl sites for hydroxylation is 1. The van der Waals surface area contributed by atoms with Crippen LogP contribution in [0, 0.1) is 32.8 Å². The Balaban J connectivity index is 1.98. The van der Waals surface area contributed by atoms with Gasteiger partial charge in [-0.05, 0) is 37.3 Å². The molecule has 1 amide bonds. The Bertz CT molecular complexity index is 1170. The number of benzene rings is 1. The topological polar surface area (TPSA) is 138 Å². The number of nitro benzene ring substituents is 1. The highest BCUT2D eigenvalue weighted by atomic mass is 32.1. The lowest BCUT2D eigenvalue weighted by atomic mass is 9.96. The van der Waals surface area contributed by atoms with Crippen LogP contribution in [0.5, 0.6) is 11.5 Å². The highest BCUT2D eigenvalue weighted by molar-refractivity contribution is 7.16. The molecule has 1 aliphatic rings. The second-order valence-electron chi connectivity index (χ2n) is 6.67. The van der Waals surface area contributed by atoms with Crippen LogP contribution in [0.4, 0.5) is 10.7 Å². The highest BCUT2D eigenvalue weighted by Crippen LogP contribution is 2.38. The number of hydrogen-bond donors (Lipinski definition) is 1. The predicted molar refractivity (Wildman–Crippen MR) is 114 cm³/mol. The summed E-state index contributed by atoms with van der Waals surface area (Å²) >= 11 is 1.35. The van der Waals surface area contributed by atoms with Crippen molar-refractivity contribution in [3.8, 4) is 23.6 Å². The number of nitrogens with zero attached hydrogens (tertiary/aromatic N) is 3. The summed E-state index contributed by atoms with van der Waals surface area (Å²) < 4.78 is 10.2. The number of thiophene rings is 1. The molecule has 10 heteroatoms. The molecule has 0 radical (unpaired) electrons. The number of ether oxygens (including phenoxy) is 2. The molecule has 0 fully saturated rings. The Morgan fingerprint density at radius 2 is 1.94 bits per heavy atom. The summed E-state index contributed by atoms with van der Waals surface area (Å²) in [6.45, 7) is 0. The first-order valence-electron chi connectivity index (χ1n) is 9.31. The quantitative estimate of drug-likeness (QED) is 0.312. The number of nitro groups is 1. The molecule has 2 aromatic rings. The molecule has 158 valence electrons. The van der Waals surface area contributed by atoms with Crippen LogP contribution in [0.25, 0.3) is 6.08 Å². The van der Waals surface area contributed by atoms with E-state index in [2.05, 4.69) is 11.4 Å². The lowest BCUT2D eigenvalue weighted by Gasteiger charge is -2.09. The summed E-state index contributed by atoms with van der Waals surface area (Å²) in [5.41, 5.74) is 0.956. The lowest BCUT2D eigenvalue weighted by Crippen LogP contribution is -2.13. The van der Waals surface area contributed by atoms with Crippen molar-refractivity contribution in [2.24, 2.45) is 0 Å². The number of carbonyl (C=O) groups is 1. The van der Waals surface area contributed by atoms with Crippen LogP contribution >= 0.6 is 11.3 Å². The Morgan fingerprint density at radius 3 is 2.55 bits per heavy atom. The van der Waals surface area contributed by atoms with Gasteiger partial charge in [-0.15, -0.1) is 11.3 Å². The molecule has 3 rings (SSSR count). The maximum absolute atomic E-state index is 12.8. The Kier molecular flexibility index (Phi) is 6.53. The first kappa shape index (κ1) is 21.8. The summed E-state index contributed by atoms with van der Waals surface area (Å²) in [7, 11) is 2.65. The third-order valence-electron chi connectivity index (χ3n) is 4.90. The van der Waals surface area contributed by atoms with Gasteiger partial charge < -0.3 is 14.8 Å². The number of nitriles is 2. The minimum absolute atomic E-state index is 0.00946. The molecule has 0 saturated carbocycles. The Morgan fingerprint density at radius 1 is 1.23 bits per heavy atom. The molecule has 0 aliphatic heterocycles. The van der Waals surface area contributed by atoms with E-state index in [1.807, 2.05) is 6.07 Å². The third-order valence-corrected chi connectivity index (χ3v) is 6.11. The zero-order valence-electron chi connectivity index (χ0n) is 16.9. The van der Waals surface area contributed by atoms with Crippen molar-refractivity contribution < 1.29 is 19.2 Å². The minimum Gasteiger partial charge on any atom is -0.496 e. The molecule has 0 unspecified atom stereocenters. The predicted octanol–water partition coefficient (Wildman–Crippen LogP) is 3.97. The number of carbonyl (C=O) groups excluding carboxylic acids is 1. The maximum atomic E-state index is 12.8. The summed E-state index contributed by atoms with van der Waals surface area (Å²) in [6.07, 6.45) is 4.88. The molecule has 1 heterocycles. The first-order chi connectivity index (χ1) is 14.9. The van der Waals surface area contributed by atoms with Crippen molar-refractivity contribution in [2.75, 3.05) is 19.5 Å².